The molecule has 6 nitrogen and oxygen atoms in total. The van der Waals surface area contributed by atoms with E-state index < -0.39 is 5.60 Å². The second-order valence-electron chi connectivity index (χ2n) is 7.59. The molecule has 1 aliphatic carbocycles. The molecule has 5 rings (SSSR count). The Morgan fingerprint density at radius 1 is 1.03 bits per heavy atom. The zero-order valence-corrected chi connectivity index (χ0v) is 16.7. The van der Waals surface area contributed by atoms with Crippen molar-refractivity contribution in [3.63, 3.8) is 0 Å². The van der Waals surface area contributed by atoms with Crippen molar-refractivity contribution in [2.75, 3.05) is 20.3 Å². The third-order valence-corrected chi connectivity index (χ3v) is 5.92. The van der Waals surface area contributed by atoms with Gasteiger partial charge >= 0.3 is 5.97 Å². The Morgan fingerprint density at radius 2 is 1.73 bits per heavy atom. The average Bonchev–Trinajstić information content (AvgIpc) is 3.07. The van der Waals surface area contributed by atoms with Crippen molar-refractivity contribution in [2.45, 2.75) is 12.0 Å². The maximum absolute atomic E-state index is 12.9. The van der Waals surface area contributed by atoms with E-state index in [4.69, 9.17) is 24.7 Å². The number of ether oxygens (including phenoxy) is 4. The number of carbonyl (C=O) groups is 1. The Bertz CT molecular complexity index is 1060. The van der Waals surface area contributed by atoms with Gasteiger partial charge in [-0.25, -0.2) is 0 Å². The van der Waals surface area contributed by atoms with Crippen LogP contribution in [0.4, 0.5) is 0 Å². The number of carbonyl (C=O) groups excluding carboxylic acids is 1. The summed E-state index contributed by atoms with van der Waals surface area (Å²) < 4.78 is 23.6. The fourth-order valence-electron chi connectivity index (χ4n) is 4.53. The van der Waals surface area contributed by atoms with Crippen molar-refractivity contribution in [1.29, 1.82) is 0 Å². The zero-order chi connectivity index (χ0) is 20.7. The fourth-order valence-corrected chi connectivity index (χ4v) is 4.53. The first-order chi connectivity index (χ1) is 14.7. The van der Waals surface area contributed by atoms with Gasteiger partial charge in [0.25, 0.3) is 0 Å². The van der Waals surface area contributed by atoms with Crippen molar-refractivity contribution in [3.05, 3.63) is 71.8 Å². The number of hydrogen-bond acceptors (Lipinski definition) is 6. The smallest absolute Gasteiger partial charge is 0.314 e. The lowest BCUT2D eigenvalue weighted by Crippen LogP contribution is -2.37. The number of rotatable bonds is 5. The van der Waals surface area contributed by atoms with E-state index in [0.29, 0.717) is 36.1 Å². The molecule has 6 heteroatoms. The van der Waals surface area contributed by atoms with Crippen LogP contribution in [0.2, 0.25) is 0 Å². The maximum atomic E-state index is 12.9. The molecule has 3 unspecified atom stereocenters. The van der Waals surface area contributed by atoms with Crippen molar-refractivity contribution in [3.8, 4) is 23.0 Å². The van der Waals surface area contributed by atoms with Crippen LogP contribution in [-0.4, -0.2) is 26.2 Å². The van der Waals surface area contributed by atoms with E-state index in [2.05, 4.69) is 0 Å². The van der Waals surface area contributed by atoms with Gasteiger partial charge in [0.15, 0.2) is 5.60 Å². The van der Waals surface area contributed by atoms with Crippen LogP contribution >= 0.6 is 0 Å². The van der Waals surface area contributed by atoms with Gasteiger partial charge in [-0.05, 0) is 37.2 Å². The number of benzene rings is 2. The zero-order valence-electron chi connectivity index (χ0n) is 16.7. The number of hydrogen-bond donors (Lipinski definition) is 1. The van der Waals surface area contributed by atoms with E-state index in [1.807, 2.05) is 60.7 Å². The number of nitrogens with two attached hydrogens (primary N) is 1. The third-order valence-electron chi connectivity index (χ3n) is 5.92. The Hall–Kier alpha value is -3.25. The van der Waals surface area contributed by atoms with E-state index in [1.165, 1.54) is 0 Å². The van der Waals surface area contributed by atoms with Gasteiger partial charge in [-0.15, -0.1) is 0 Å². The predicted octanol–water partition coefficient (Wildman–Crippen LogP) is 3.69. The lowest BCUT2D eigenvalue weighted by Gasteiger charge is -2.39. The minimum absolute atomic E-state index is 0.172. The van der Waals surface area contributed by atoms with Gasteiger partial charge in [0.2, 0.25) is 0 Å². The second kappa shape index (κ2) is 7.22. The first kappa shape index (κ1) is 18.8. The van der Waals surface area contributed by atoms with Crippen LogP contribution in [0, 0.1) is 11.8 Å². The van der Waals surface area contributed by atoms with E-state index in [-0.39, 0.29) is 17.8 Å². The maximum Gasteiger partial charge on any atom is 0.314 e. The van der Waals surface area contributed by atoms with Crippen LogP contribution in [0.5, 0.6) is 23.0 Å². The Balaban J connectivity index is 1.67. The number of fused-ring (bicyclic) bond motifs is 6. The molecule has 1 spiro atoms. The standard InChI is InChI=1S/C24H23NO5/c1-27-15-7-9-19-21(13-15)29-22-14-16(28-12-4-11-25)8-10-20(22)24(19)18-6-3-2-5-17(18)23(26)30-24/h2-3,5-10,13-14,17-18H,4,11-12,25H2,1H3. The molecule has 0 radical (unpaired) electrons. The van der Waals surface area contributed by atoms with Gasteiger partial charge in [-0.3, -0.25) is 4.79 Å². The molecular formula is C24H23NO5. The largest absolute Gasteiger partial charge is 0.497 e. The molecule has 2 aliphatic heterocycles. The fraction of sp³-hybridized carbons (Fsp3) is 0.292. The molecule has 2 aromatic rings. The Labute approximate surface area is 174 Å². The van der Waals surface area contributed by atoms with Gasteiger partial charge in [-0.2, -0.15) is 0 Å². The molecule has 0 saturated carbocycles. The van der Waals surface area contributed by atoms with Crippen LogP contribution in [0.3, 0.4) is 0 Å². The van der Waals surface area contributed by atoms with Gasteiger partial charge in [0, 0.05) is 29.2 Å². The molecule has 1 saturated heterocycles. The third kappa shape index (κ3) is 2.71. The Morgan fingerprint density at radius 3 is 2.47 bits per heavy atom. The van der Waals surface area contributed by atoms with E-state index in [9.17, 15) is 4.79 Å². The quantitative estimate of drug-likeness (QED) is 0.604. The molecule has 1 fully saturated rings. The highest BCUT2D eigenvalue weighted by atomic mass is 16.6. The lowest BCUT2D eigenvalue weighted by atomic mass is 9.70. The second-order valence-corrected chi connectivity index (χ2v) is 7.59. The molecule has 2 heterocycles. The topological polar surface area (TPSA) is 80.0 Å². The van der Waals surface area contributed by atoms with Crippen molar-refractivity contribution in [1.82, 2.24) is 0 Å². The van der Waals surface area contributed by atoms with Gasteiger partial charge in [0.1, 0.15) is 23.0 Å². The molecule has 0 aromatic heterocycles. The molecule has 2 aromatic carbocycles. The van der Waals surface area contributed by atoms with Crippen molar-refractivity contribution >= 4 is 5.97 Å². The van der Waals surface area contributed by atoms with E-state index >= 15 is 0 Å². The summed E-state index contributed by atoms with van der Waals surface area (Å²) in [6, 6.07) is 11.3. The van der Waals surface area contributed by atoms with Gasteiger partial charge in [0.05, 0.1) is 19.6 Å². The molecule has 30 heavy (non-hydrogen) atoms. The molecule has 3 aliphatic rings. The predicted molar refractivity (Wildman–Crippen MR) is 111 cm³/mol. The summed E-state index contributed by atoms with van der Waals surface area (Å²) in [5.41, 5.74) is 6.22. The average molecular weight is 405 g/mol. The highest BCUT2D eigenvalue weighted by Crippen LogP contribution is 2.59. The summed E-state index contributed by atoms with van der Waals surface area (Å²) in [4.78, 5) is 12.9. The molecule has 0 amide bonds. The first-order valence-electron chi connectivity index (χ1n) is 10.1. The number of methoxy groups -OCH3 is 1. The normalized spacial score (nSPS) is 25.2. The summed E-state index contributed by atoms with van der Waals surface area (Å²) in [6.07, 6.45) is 8.58. The summed E-state index contributed by atoms with van der Waals surface area (Å²) in [5.74, 6) is 1.82. The van der Waals surface area contributed by atoms with E-state index in [1.54, 1.807) is 7.11 Å². The van der Waals surface area contributed by atoms with Crippen LogP contribution in [-0.2, 0) is 15.1 Å². The molecule has 2 N–H and O–H groups in total. The van der Waals surface area contributed by atoms with E-state index in [0.717, 1.165) is 17.5 Å². The van der Waals surface area contributed by atoms with Crippen LogP contribution in [0.1, 0.15) is 17.5 Å². The van der Waals surface area contributed by atoms with Crippen LogP contribution in [0.25, 0.3) is 0 Å². The first-order valence-corrected chi connectivity index (χ1v) is 10.1. The number of allylic oxidation sites excluding steroid dienone is 2. The SMILES string of the molecule is COc1ccc2c(c1)Oc1cc(OCCCN)ccc1C21OC(=O)C2C=CC=CC21. The molecule has 3 atom stereocenters. The number of esters is 1. The van der Waals surface area contributed by atoms with Crippen molar-refractivity contribution < 1.29 is 23.7 Å². The monoisotopic (exact) mass is 405 g/mol. The van der Waals surface area contributed by atoms with Gasteiger partial charge in [-0.1, -0.05) is 24.3 Å². The van der Waals surface area contributed by atoms with Gasteiger partial charge < -0.3 is 24.7 Å². The molecular weight excluding hydrogens is 382 g/mol. The lowest BCUT2D eigenvalue weighted by molar-refractivity contribution is -0.148. The van der Waals surface area contributed by atoms with Crippen molar-refractivity contribution in [2.24, 2.45) is 17.6 Å². The summed E-state index contributed by atoms with van der Waals surface area (Å²) in [5, 5.41) is 0. The van der Waals surface area contributed by atoms with Crippen LogP contribution in [0.15, 0.2) is 60.7 Å². The summed E-state index contributed by atoms with van der Waals surface area (Å²) in [7, 11) is 1.61. The Kier molecular flexibility index (Phi) is 4.51. The summed E-state index contributed by atoms with van der Waals surface area (Å²) >= 11 is 0. The molecule has 154 valence electrons. The highest BCUT2D eigenvalue weighted by Gasteiger charge is 2.59. The highest BCUT2D eigenvalue weighted by molar-refractivity contribution is 5.82. The minimum atomic E-state index is -0.964. The summed E-state index contributed by atoms with van der Waals surface area (Å²) in [6.45, 7) is 1.09. The minimum Gasteiger partial charge on any atom is -0.497 e. The van der Waals surface area contributed by atoms with Crippen LogP contribution < -0.4 is 19.9 Å². The molecule has 0 bridgehead atoms.